The fraction of sp³-hybridized carbons (Fsp3) is 0.231. The summed E-state index contributed by atoms with van der Waals surface area (Å²) in [7, 11) is 1.81. The predicted octanol–water partition coefficient (Wildman–Crippen LogP) is 1.68. The molecule has 0 bridgehead atoms. The molecule has 1 aromatic heterocycles. The number of aromatic nitrogens is 2. The molecule has 2 N–H and O–H groups in total. The van der Waals surface area contributed by atoms with Crippen LogP contribution in [0.25, 0.3) is 0 Å². The first-order chi connectivity index (χ1) is 9.97. The number of nitro groups is 1. The van der Waals surface area contributed by atoms with E-state index in [1.165, 1.54) is 12.1 Å². The highest BCUT2D eigenvalue weighted by molar-refractivity contribution is 5.89. The Labute approximate surface area is 120 Å². The van der Waals surface area contributed by atoms with E-state index >= 15 is 0 Å². The Balaban J connectivity index is 2.08. The van der Waals surface area contributed by atoms with Gasteiger partial charge in [-0.1, -0.05) is 0 Å². The second-order valence-electron chi connectivity index (χ2n) is 4.45. The maximum absolute atomic E-state index is 11.0. The topological polar surface area (TPSA) is 110 Å². The van der Waals surface area contributed by atoms with Gasteiger partial charge in [0, 0.05) is 32.3 Å². The molecule has 1 heterocycles. The summed E-state index contributed by atoms with van der Waals surface area (Å²) in [5.74, 6) is -1.20. The Morgan fingerprint density at radius 1 is 1.48 bits per heavy atom. The van der Waals surface area contributed by atoms with Gasteiger partial charge in [-0.3, -0.25) is 14.8 Å². The van der Waals surface area contributed by atoms with E-state index in [9.17, 15) is 14.9 Å². The van der Waals surface area contributed by atoms with Gasteiger partial charge in [0.2, 0.25) is 0 Å². The summed E-state index contributed by atoms with van der Waals surface area (Å²) in [5, 5.41) is 27.0. The SMILES string of the molecule is Cn1ccc(CCNc2ccc(C(=O)O)cc2[N+](=O)[O-])n1. The molecule has 8 nitrogen and oxygen atoms in total. The van der Waals surface area contributed by atoms with Crippen molar-refractivity contribution in [1.29, 1.82) is 0 Å². The van der Waals surface area contributed by atoms with E-state index in [0.29, 0.717) is 18.7 Å². The van der Waals surface area contributed by atoms with Crippen molar-refractivity contribution >= 4 is 17.3 Å². The molecule has 0 fully saturated rings. The number of nitrogens with zero attached hydrogens (tertiary/aromatic N) is 3. The Morgan fingerprint density at radius 2 is 2.24 bits per heavy atom. The van der Waals surface area contributed by atoms with Gasteiger partial charge in [0.25, 0.3) is 5.69 Å². The highest BCUT2D eigenvalue weighted by Gasteiger charge is 2.16. The number of carbonyl (C=O) groups is 1. The third kappa shape index (κ3) is 3.56. The molecular formula is C13H14N4O4. The maximum atomic E-state index is 11.0. The van der Waals surface area contributed by atoms with E-state index < -0.39 is 10.9 Å². The molecule has 110 valence electrons. The van der Waals surface area contributed by atoms with Crippen LogP contribution in [0.4, 0.5) is 11.4 Å². The van der Waals surface area contributed by atoms with Crippen LogP contribution in [0.5, 0.6) is 0 Å². The van der Waals surface area contributed by atoms with E-state index in [0.717, 1.165) is 11.8 Å². The molecule has 21 heavy (non-hydrogen) atoms. The molecular weight excluding hydrogens is 276 g/mol. The number of carboxylic acids is 1. The van der Waals surface area contributed by atoms with Crippen molar-refractivity contribution in [2.24, 2.45) is 7.05 Å². The summed E-state index contributed by atoms with van der Waals surface area (Å²) in [6.07, 6.45) is 2.43. The zero-order valence-corrected chi connectivity index (χ0v) is 11.3. The van der Waals surface area contributed by atoms with Crippen LogP contribution in [-0.4, -0.2) is 32.3 Å². The Kier molecular flexibility index (Phi) is 4.17. The van der Waals surface area contributed by atoms with Crippen LogP contribution in [0.1, 0.15) is 16.1 Å². The third-order valence-corrected chi connectivity index (χ3v) is 2.91. The fourth-order valence-electron chi connectivity index (χ4n) is 1.89. The molecule has 0 aliphatic heterocycles. The van der Waals surface area contributed by atoms with Gasteiger partial charge in [-0.05, 0) is 18.2 Å². The van der Waals surface area contributed by atoms with Crippen molar-refractivity contribution in [3.8, 4) is 0 Å². The smallest absolute Gasteiger partial charge is 0.335 e. The standard InChI is InChI=1S/C13H14N4O4/c1-16-7-5-10(15-16)4-6-14-11-3-2-9(13(18)19)8-12(11)17(20)21/h2-3,5,7-8,14H,4,6H2,1H3,(H,18,19). The van der Waals surface area contributed by atoms with Gasteiger partial charge in [0.1, 0.15) is 5.69 Å². The number of hydrogen-bond donors (Lipinski definition) is 2. The molecule has 2 rings (SSSR count). The number of nitrogens with one attached hydrogen (secondary N) is 1. The number of nitro benzene ring substituents is 1. The van der Waals surface area contributed by atoms with Crippen molar-refractivity contribution < 1.29 is 14.8 Å². The lowest BCUT2D eigenvalue weighted by atomic mass is 10.1. The molecule has 0 aliphatic rings. The van der Waals surface area contributed by atoms with E-state index in [1.807, 2.05) is 19.3 Å². The van der Waals surface area contributed by atoms with Crippen molar-refractivity contribution in [2.45, 2.75) is 6.42 Å². The molecule has 0 atom stereocenters. The first-order valence-electron chi connectivity index (χ1n) is 6.21. The molecule has 0 aliphatic carbocycles. The second kappa shape index (κ2) is 6.04. The lowest BCUT2D eigenvalue weighted by Crippen LogP contribution is -2.08. The number of rotatable bonds is 6. The van der Waals surface area contributed by atoms with Crippen LogP contribution in [0.15, 0.2) is 30.5 Å². The van der Waals surface area contributed by atoms with Crippen LogP contribution in [0, 0.1) is 10.1 Å². The van der Waals surface area contributed by atoms with Gasteiger partial charge < -0.3 is 10.4 Å². The van der Waals surface area contributed by atoms with E-state index in [2.05, 4.69) is 10.4 Å². The quantitative estimate of drug-likeness (QED) is 0.618. The summed E-state index contributed by atoms with van der Waals surface area (Å²) in [5.41, 5.74) is 0.795. The first-order valence-corrected chi connectivity index (χ1v) is 6.21. The van der Waals surface area contributed by atoms with Crippen LogP contribution in [0.3, 0.4) is 0 Å². The van der Waals surface area contributed by atoms with Crippen molar-refractivity contribution in [3.05, 3.63) is 51.8 Å². The maximum Gasteiger partial charge on any atom is 0.335 e. The minimum atomic E-state index is -1.20. The van der Waals surface area contributed by atoms with Crippen LogP contribution >= 0.6 is 0 Å². The predicted molar refractivity (Wildman–Crippen MR) is 75.5 cm³/mol. The van der Waals surface area contributed by atoms with Crippen LogP contribution in [0.2, 0.25) is 0 Å². The molecule has 0 unspecified atom stereocenters. The Bertz CT molecular complexity index is 681. The second-order valence-corrected chi connectivity index (χ2v) is 4.45. The summed E-state index contributed by atoms with van der Waals surface area (Å²) in [6.45, 7) is 0.463. The Hall–Kier alpha value is -2.90. The molecule has 0 amide bonds. The highest BCUT2D eigenvalue weighted by atomic mass is 16.6. The largest absolute Gasteiger partial charge is 0.478 e. The first kappa shape index (κ1) is 14.5. The van der Waals surface area contributed by atoms with Gasteiger partial charge >= 0.3 is 5.97 Å². The highest BCUT2D eigenvalue weighted by Crippen LogP contribution is 2.25. The number of carboxylic acid groups (broad SMARTS) is 1. The fourth-order valence-corrected chi connectivity index (χ4v) is 1.89. The van der Waals surface area contributed by atoms with Gasteiger partial charge in [0.05, 0.1) is 16.2 Å². The molecule has 0 radical (unpaired) electrons. The average molecular weight is 290 g/mol. The molecule has 0 spiro atoms. The summed E-state index contributed by atoms with van der Waals surface area (Å²) in [6, 6.07) is 5.65. The van der Waals surface area contributed by atoms with E-state index in [-0.39, 0.29) is 11.3 Å². The molecule has 8 heteroatoms. The van der Waals surface area contributed by atoms with Crippen LogP contribution in [-0.2, 0) is 13.5 Å². The third-order valence-electron chi connectivity index (χ3n) is 2.91. The monoisotopic (exact) mass is 290 g/mol. The molecule has 2 aromatic rings. The van der Waals surface area contributed by atoms with Gasteiger partial charge in [-0.2, -0.15) is 5.10 Å². The van der Waals surface area contributed by atoms with Gasteiger partial charge in [-0.15, -0.1) is 0 Å². The zero-order chi connectivity index (χ0) is 15.4. The minimum absolute atomic E-state index is 0.114. The van der Waals surface area contributed by atoms with Crippen LogP contribution < -0.4 is 5.32 Å². The van der Waals surface area contributed by atoms with Crippen molar-refractivity contribution in [2.75, 3.05) is 11.9 Å². The number of anilines is 1. The van der Waals surface area contributed by atoms with E-state index in [4.69, 9.17) is 5.11 Å². The van der Waals surface area contributed by atoms with Crippen molar-refractivity contribution in [1.82, 2.24) is 9.78 Å². The number of benzene rings is 1. The normalized spacial score (nSPS) is 10.3. The molecule has 1 aromatic carbocycles. The number of aromatic carboxylic acids is 1. The average Bonchev–Trinajstić information content (AvgIpc) is 2.84. The van der Waals surface area contributed by atoms with Crippen molar-refractivity contribution in [3.63, 3.8) is 0 Å². The summed E-state index contributed by atoms with van der Waals surface area (Å²) >= 11 is 0. The van der Waals surface area contributed by atoms with Gasteiger partial charge in [-0.25, -0.2) is 4.79 Å². The molecule has 0 saturated heterocycles. The Morgan fingerprint density at radius 3 is 2.81 bits per heavy atom. The lowest BCUT2D eigenvalue weighted by Gasteiger charge is -2.06. The number of hydrogen-bond acceptors (Lipinski definition) is 5. The minimum Gasteiger partial charge on any atom is -0.478 e. The number of aryl methyl sites for hydroxylation is 1. The molecule has 0 saturated carbocycles. The summed E-state index contributed by atoms with van der Waals surface area (Å²) in [4.78, 5) is 21.2. The summed E-state index contributed by atoms with van der Waals surface area (Å²) < 4.78 is 1.68. The lowest BCUT2D eigenvalue weighted by molar-refractivity contribution is -0.384. The zero-order valence-electron chi connectivity index (χ0n) is 11.3. The van der Waals surface area contributed by atoms with Gasteiger partial charge in [0.15, 0.2) is 0 Å². The van der Waals surface area contributed by atoms with E-state index in [1.54, 1.807) is 4.68 Å².